The van der Waals surface area contributed by atoms with Gasteiger partial charge in [-0.2, -0.15) is 9.97 Å². The van der Waals surface area contributed by atoms with Crippen molar-refractivity contribution in [3.63, 3.8) is 0 Å². The maximum atomic E-state index is 14.1. The van der Waals surface area contributed by atoms with E-state index >= 15 is 0 Å². The monoisotopic (exact) mass is 1140 g/mol. The summed E-state index contributed by atoms with van der Waals surface area (Å²) in [7, 11) is -8.10. The van der Waals surface area contributed by atoms with Crippen molar-refractivity contribution in [3.05, 3.63) is 57.1 Å². The minimum absolute atomic E-state index is 0.00437. The van der Waals surface area contributed by atoms with Crippen LogP contribution in [0.3, 0.4) is 0 Å². The Kier molecular flexibility index (Phi) is 18.0. The Labute approximate surface area is 417 Å². The number of methoxy groups -OCH3 is 1. The topological polar surface area (TPSA) is 431 Å². The van der Waals surface area contributed by atoms with Gasteiger partial charge in [0.2, 0.25) is 0 Å². The molecule has 0 spiro atoms. The highest BCUT2D eigenvalue weighted by Gasteiger charge is 2.52. The molecule has 38 heteroatoms. The second-order valence-corrected chi connectivity index (χ2v) is 24.5. The van der Waals surface area contributed by atoms with E-state index in [0.29, 0.717) is 11.1 Å². The molecule has 3 fully saturated rings. The van der Waals surface area contributed by atoms with Crippen LogP contribution >= 0.6 is 53.7 Å². The number of nitrogen functional groups attached to an aromatic ring is 3. The number of aromatic nitrogens is 8. The number of thiol groups is 2. The fourth-order valence-corrected chi connectivity index (χ4v) is 11.5. The van der Waals surface area contributed by atoms with Crippen molar-refractivity contribution >= 4 is 82.4 Å². The van der Waals surface area contributed by atoms with E-state index in [2.05, 4.69) is 49.4 Å². The second-order valence-electron chi connectivity index (χ2n) is 16.0. The number of rotatable bonds is 23. The number of ether oxygens (including phenoxy) is 5. The molecule has 3 aliphatic heterocycles. The van der Waals surface area contributed by atoms with Gasteiger partial charge in [0.25, 0.3) is 0 Å². The Bertz CT molecular complexity index is 2920. The number of nitrogens with two attached hydrogens (primary N) is 3. The van der Waals surface area contributed by atoms with Crippen LogP contribution in [0.1, 0.15) is 42.7 Å². The number of fused-ring (bicyclic) bond motifs is 1. The van der Waals surface area contributed by atoms with E-state index in [0.717, 1.165) is 22.6 Å². The number of hydrogen-bond acceptors (Lipinski definition) is 26. The highest BCUT2D eigenvalue weighted by molar-refractivity contribution is 8.44. The highest BCUT2D eigenvalue weighted by atomic mass is 32.7. The maximum absolute atomic E-state index is 14.1. The molecule has 9 N–H and O–H groups in total. The fraction of sp³-hybridized carbons (Fsp3) is 0.618. The van der Waals surface area contributed by atoms with Gasteiger partial charge in [-0.3, -0.25) is 40.8 Å². The SMILES string of the molecule is COCCO[C@H]1C(OP(=O)(O)OC[C@H]2O[C@@H](n3cc(C)c(N)nc3=O)C[C@H]2OP(=O)(S)OC[C@H]2O[C@@H](n3cc(C)c(N)nc3=O)C[C@H]2OP(=O)(S)OC)[C@@H](COP(=O)(O)O)O[C@H]1n1cnc2c(N)ncnc21. The lowest BCUT2D eigenvalue weighted by Crippen LogP contribution is -2.38. The zero-order valence-electron chi connectivity index (χ0n) is 38.2. The van der Waals surface area contributed by atoms with Crippen molar-refractivity contribution in [1.82, 2.24) is 38.6 Å². The summed E-state index contributed by atoms with van der Waals surface area (Å²) in [5.74, 6) is -0.102. The van der Waals surface area contributed by atoms with Crippen LogP contribution in [-0.4, -0.2) is 143 Å². The number of anilines is 3. The van der Waals surface area contributed by atoms with Crippen LogP contribution in [-0.2, 0) is 73.6 Å². The summed E-state index contributed by atoms with van der Waals surface area (Å²) in [6, 6.07) is 0. The Hall–Kier alpha value is -3.27. The molecule has 0 radical (unpaired) electrons. The summed E-state index contributed by atoms with van der Waals surface area (Å²) in [6.07, 6.45) is -9.03. The molecule has 3 saturated heterocycles. The van der Waals surface area contributed by atoms with Crippen LogP contribution in [0, 0.1) is 13.8 Å². The van der Waals surface area contributed by atoms with Gasteiger partial charge in [-0.25, -0.2) is 42.8 Å². The summed E-state index contributed by atoms with van der Waals surface area (Å²) >= 11 is 8.10. The van der Waals surface area contributed by atoms with Crippen molar-refractivity contribution in [2.45, 2.75) is 88.1 Å². The van der Waals surface area contributed by atoms with Crippen LogP contribution < -0.4 is 28.6 Å². The van der Waals surface area contributed by atoms with Crippen molar-refractivity contribution < 1.29 is 88.3 Å². The van der Waals surface area contributed by atoms with Gasteiger partial charge in [-0.05, 0) is 13.8 Å². The predicted molar refractivity (Wildman–Crippen MR) is 252 cm³/mol. The average Bonchev–Trinajstić information content (AvgIpc) is 4.08. The third-order valence-electron chi connectivity index (χ3n) is 11.1. The lowest BCUT2D eigenvalue weighted by molar-refractivity contribution is -0.0793. The third-order valence-corrected chi connectivity index (χ3v) is 16.0. The minimum Gasteiger partial charge on any atom is -0.383 e. The van der Waals surface area contributed by atoms with E-state index in [1.165, 1.54) is 30.4 Å². The van der Waals surface area contributed by atoms with Gasteiger partial charge < -0.3 is 60.1 Å². The summed E-state index contributed by atoms with van der Waals surface area (Å²) in [4.78, 5) is 76.3. The van der Waals surface area contributed by atoms with Crippen LogP contribution in [0.15, 0.2) is 34.6 Å². The van der Waals surface area contributed by atoms with Gasteiger partial charge in [0.15, 0.2) is 17.7 Å². The zero-order valence-corrected chi connectivity index (χ0v) is 43.6. The molecule has 4 aromatic heterocycles. The largest absolute Gasteiger partial charge is 0.472 e. The molecule has 0 aromatic carbocycles. The summed E-state index contributed by atoms with van der Waals surface area (Å²) in [5, 5.41) is 0. The number of aryl methyl sites for hydroxylation is 2. The Morgan fingerprint density at radius 1 is 0.694 bits per heavy atom. The van der Waals surface area contributed by atoms with E-state index < -0.39 is 122 Å². The first-order valence-corrected chi connectivity index (χ1v) is 29.5. The molecular weight excluding hydrogens is 1090 g/mol. The van der Waals surface area contributed by atoms with Crippen LogP contribution in [0.25, 0.3) is 11.2 Å². The Morgan fingerprint density at radius 3 is 1.81 bits per heavy atom. The molecule has 32 nitrogen and oxygen atoms in total. The maximum Gasteiger partial charge on any atom is 0.472 e. The molecule has 0 bridgehead atoms. The smallest absolute Gasteiger partial charge is 0.383 e. The predicted octanol–water partition coefficient (Wildman–Crippen LogP) is 1.33. The summed E-state index contributed by atoms with van der Waals surface area (Å²) in [6.45, 7) is -8.08. The second kappa shape index (κ2) is 22.9. The third kappa shape index (κ3) is 13.8. The normalized spacial score (nSPS) is 28.3. The number of imidazole rings is 1. The molecule has 13 atom stereocenters. The van der Waals surface area contributed by atoms with Crippen LogP contribution in [0.5, 0.6) is 0 Å². The molecule has 7 heterocycles. The van der Waals surface area contributed by atoms with Crippen molar-refractivity contribution in [1.29, 1.82) is 0 Å². The quantitative estimate of drug-likeness (QED) is 0.0295. The number of phosphoric acid groups is 2. The van der Waals surface area contributed by atoms with E-state index in [1.54, 1.807) is 13.8 Å². The van der Waals surface area contributed by atoms with Gasteiger partial charge in [0.1, 0.15) is 78.7 Å². The van der Waals surface area contributed by atoms with Gasteiger partial charge in [0.05, 0.1) is 39.4 Å². The first-order valence-electron chi connectivity index (χ1n) is 21.1. The van der Waals surface area contributed by atoms with Crippen molar-refractivity contribution in [3.8, 4) is 0 Å². The average molecular weight is 1140 g/mol. The van der Waals surface area contributed by atoms with Crippen molar-refractivity contribution in [2.75, 3.05) is 64.5 Å². The first-order chi connectivity index (χ1) is 33.8. The molecule has 400 valence electrons. The first kappa shape index (κ1) is 56.5. The van der Waals surface area contributed by atoms with Gasteiger partial charge >= 0.3 is 40.6 Å². The molecule has 4 unspecified atom stereocenters. The molecule has 0 amide bonds. The molecule has 4 aromatic rings. The molecule has 3 aliphatic rings. The van der Waals surface area contributed by atoms with E-state index in [-0.39, 0.29) is 54.7 Å². The van der Waals surface area contributed by atoms with Crippen molar-refractivity contribution in [2.24, 2.45) is 0 Å². The van der Waals surface area contributed by atoms with Gasteiger partial charge in [0, 0.05) is 50.6 Å². The molecule has 0 saturated carbocycles. The zero-order chi connectivity index (χ0) is 52.5. The highest BCUT2D eigenvalue weighted by Crippen LogP contribution is 2.59. The number of hydrogen-bond donors (Lipinski definition) is 8. The molecule has 0 aliphatic carbocycles. The Balaban J connectivity index is 1.12. The molecule has 72 heavy (non-hydrogen) atoms. The molecule has 7 rings (SSSR count). The minimum atomic E-state index is -5.39. The van der Waals surface area contributed by atoms with E-state index in [1.807, 2.05) is 0 Å². The lowest BCUT2D eigenvalue weighted by atomic mass is 10.1. The molecular formula is C34H51N11O21P4S2. The summed E-state index contributed by atoms with van der Waals surface area (Å²) < 4.78 is 123. The van der Waals surface area contributed by atoms with E-state index in [9.17, 15) is 42.5 Å². The lowest BCUT2D eigenvalue weighted by Gasteiger charge is -2.27. The Morgan fingerprint density at radius 2 is 1.25 bits per heavy atom. The number of nitrogens with zero attached hydrogens (tertiary/aromatic N) is 8. The van der Waals surface area contributed by atoms with Gasteiger partial charge in [-0.1, -0.05) is 24.5 Å². The van der Waals surface area contributed by atoms with E-state index in [4.69, 9.17) is 72.6 Å². The van der Waals surface area contributed by atoms with Crippen LogP contribution in [0.2, 0.25) is 0 Å². The van der Waals surface area contributed by atoms with Crippen LogP contribution in [0.4, 0.5) is 17.5 Å². The fourth-order valence-electron chi connectivity index (χ4n) is 7.64. The standard InChI is InChI=1S/C34H51N11O21P4S2/c1-16-9-43(33(46)41-28(16)35)23-7-18(64-69(53,71)56-4)21(62-23)12-60-70(54,72)65-19-8-24(44-10-17(2)29(36)42-34(44)47)61-20(19)11-59-68(51,52)66-26-22(13-58-67(48,49)50)63-32(27(26)57-6-5-55-3)45-15-40-25-30(37)38-14-39-31(25)45/h9-10,14-15,18-24,26-27,32H,5-8,11-13H2,1-4H3,(H,51,52)(H,53,71)(H,54,72)(H2,35,41,46)(H2,36,42,47)(H2,37,38,39)(H2,48,49,50)/t18-,19-,20-,21-,22-,23-,24-,26?,27+,32-,69?,70?/m1/s1. The summed E-state index contributed by atoms with van der Waals surface area (Å²) in [5.41, 5.74) is 17.0. The van der Waals surface area contributed by atoms with Gasteiger partial charge in [-0.15, -0.1) is 0 Å². The number of phosphoric ester groups is 2.